The largest absolute Gasteiger partial charge is 0.462 e. The van der Waals surface area contributed by atoms with Gasteiger partial charge in [-0.15, -0.1) is 0 Å². The van der Waals surface area contributed by atoms with Crippen LogP contribution in [0.1, 0.15) is 27.6 Å². The number of aldehydes is 1. The highest BCUT2D eigenvalue weighted by Gasteiger charge is 2.22. The van der Waals surface area contributed by atoms with E-state index in [-0.39, 0.29) is 24.0 Å². The molecule has 0 amide bonds. The Kier molecular flexibility index (Phi) is 3.86. The molecule has 0 N–H and O–H groups in total. The molecule has 1 aromatic carbocycles. The fourth-order valence-corrected chi connectivity index (χ4v) is 1.20. The lowest BCUT2D eigenvalue weighted by Gasteiger charge is -2.04. The fourth-order valence-electron chi connectivity index (χ4n) is 1.20. The highest BCUT2D eigenvalue weighted by atomic mass is 19.1. The van der Waals surface area contributed by atoms with E-state index in [0.717, 1.165) is 0 Å². The Labute approximate surface area is 95.1 Å². The molecule has 0 saturated carbocycles. The summed E-state index contributed by atoms with van der Waals surface area (Å²) in [6.07, 6.45) is 0.235. The van der Waals surface area contributed by atoms with Crippen LogP contribution in [0, 0.1) is 15.9 Å². The quantitative estimate of drug-likeness (QED) is 0.346. The first kappa shape index (κ1) is 12.8. The van der Waals surface area contributed by atoms with Crippen LogP contribution < -0.4 is 0 Å². The number of carbonyl (C=O) groups is 2. The predicted octanol–water partition coefficient (Wildman–Crippen LogP) is 1.72. The third-order valence-electron chi connectivity index (χ3n) is 1.94. The van der Waals surface area contributed by atoms with Crippen molar-refractivity contribution in [3.05, 3.63) is 39.2 Å². The zero-order chi connectivity index (χ0) is 13.0. The predicted molar refractivity (Wildman–Crippen MR) is 54.4 cm³/mol. The second kappa shape index (κ2) is 5.15. The Hall–Kier alpha value is -2.31. The van der Waals surface area contributed by atoms with Crippen molar-refractivity contribution in [2.24, 2.45) is 0 Å². The molecule has 0 saturated heterocycles. The van der Waals surface area contributed by atoms with Crippen molar-refractivity contribution in [2.45, 2.75) is 6.92 Å². The maximum atomic E-state index is 13.3. The second-order valence-corrected chi connectivity index (χ2v) is 2.99. The topological polar surface area (TPSA) is 86.5 Å². The van der Waals surface area contributed by atoms with Crippen LogP contribution in [-0.4, -0.2) is 23.8 Å². The highest BCUT2D eigenvalue weighted by Crippen LogP contribution is 2.22. The molecule has 0 bridgehead atoms. The molecule has 0 unspecified atom stereocenters. The van der Waals surface area contributed by atoms with E-state index in [1.807, 2.05) is 0 Å². The summed E-state index contributed by atoms with van der Waals surface area (Å²) in [7, 11) is 0. The smallest absolute Gasteiger partial charge is 0.338 e. The average Bonchev–Trinajstić information content (AvgIpc) is 2.28. The molecule has 0 fully saturated rings. The standard InChI is InChI=1S/C10H8FNO5/c1-2-17-10(14)7-4-8(11)9(12(15)16)3-6(7)5-13/h3-5H,2H2,1H3. The van der Waals surface area contributed by atoms with Gasteiger partial charge in [0.1, 0.15) is 0 Å². The molecule has 0 aliphatic rings. The van der Waals surface area contributed by atoms with E-state index in [4.69, 9.17) is 0 Å². The summed E-state index contributed by atoms with van der Waals surface area (Å²) in [6, 6.07) is 1.33. The van der Waals surface area contributed by atoms with Gasteiger partial charge in [0.25, 0.3) is 0 Å². The molecule has 0 aliphatic carbocycles. The number of nitro groups is 1. The third kappa shape index (κ3) is 2.63. The Bertz CT molecular complexity index is 486. The van der Waals surface area contributed by atoms with Gasteiger partial charge in [-0.25, -0.2) is 4.79 Å². The Balaban J connectivity index is 3.33. The molecule has 90 valence electrons. The fraction of sp³-hybridized carbons (Fsp3) is 0.200. The summed E-state index contributed by atoms with van der Waals surface area (Å²) in [5, 5.41) is 10.4. The number of nitro benzene ring substituents is 1. The van der Waals surface area contributed by atoms with E-state index in [1.54, 1.807) is 6.92 Å². The van der Waals surface area contributed by atoms with Crippen molar-refractivity contribution < 1.29 is 23.6 Å². The molecular weight excluding hydrogens is 233 g/mol. The van der Waals surface area contributed by atoms with Crippen LogP contribution in [0.2, 0.25) is 0 Å². The molecule has 0 aliphatic heterocycles. The summed E-state index contributed by atoms with van der Waals surface area (Å²) in [4.78, 5) is 31.5. The van der Waals surface area contributed by atoms with Gasteiger partial charge in [-0.2, -0.15) is 4.39 Å². The lowest BCUT2D eigenvalue weighted by Crippen LogP contribution is -2.09. The number of ether oxygens (including phenoxy) is 1. The lowest BCUT2D eigenvalue weighted by atomic mass is 10.1. The van der Waals surface area contributed by atoms with Gasteiger partial charge < -0.3 is 4.74 Å². The Morgan fingerprint density at radius 3 is 2.71 bits per heavy atom. The maximum Gasteiger partial charge on any atom is 0.338 e. The number of halogens is 1. The first-order valence-corrected chi connectivity index (χ1v) is 4.61. The van der Waals surface area contributed by atoms with E-state index in [1.165, 1.54) is 0 Å². The van der Waals surface area contributed by atoms with E-state index in [2.05, 4.69) is 4.74 Å². The Morgan fingerprint density at radius 2 is 2.24 bits per heavy atom. The molecule has 0 spiro atoms. The van der Waals surface area contributed by atoms with Gasteiger partial charge in [0, 0.05) is 11.6 Å². The van der Waals surface area contributed by atoms with Crippen LogP contribution in [0.15, 0.2) is 12.1 Å². The van der Waals surface area contributed by atoms with Crippen molar-refractivity contribution in [1.82, 2.24) is 0 Å². The molecule has 0 heterocycles. The van der Waals surface area contributed by atoms with Crippen LogP contribution in [0.25, 0.3) is 0 Å². The number of hydrogen-bond acceptors (Lipinski definition) is 5. The molecule has 1 rings (SSSR count). The number of benzene rings is 1. The highest BCUT2D eigenvalue weighted by molar-refractivity contribution is 5.98. The molecule has 6 nitrogen and oxygen atoms in total. The first-order valence-electron chi connectivity index (χ1n) is 4.61. The number of hydrogen-bond donors (Lipinski definition) is 0. The molecule has 0 aromatic heterocycles. The van der Waals surface area contributed by atoms with Gasteiger partial charge in [-0.3, -0.25) is 14.9 Å². The monoisotopic (exact) mass is 241 g/mol. The van der Waals surface area contributed by atoms with Gasteiger partial charge >= 0.3 is 11.7 Å². The van der Waals surface area contributed by atoms with Crippen molar-refractivity contribution >= 4 is 17.9 Å². The van der Waals surface area contributed by atoms with Gasteiger partial charge in [0.15, 0.2) is 6.29 Å². The Morgan fingerprint density at radius 1 is 1.59 bits per heavy atom. The number of carbonyl (C=O) groups excluding carboxylic acids is 2. The van der Waals surface area contributed by atoms with Crippen LogP contribution in [0.3, 0.4) is 0 Å². The van der Waals surface area contributed by atoms with Gasteiger partial charge in [-0.1, -0.05) is 0 Å². The van der Waals surface area contributed by atoms with Crippen LogP contribution in [-0.2, 0) is 4.74 Å². The van der Waals surface area contributed by atoms with E-state index in [0.29, 0.717) is 12.1 Å². The molecule has 17 heavy (non-hydrogen) atoms. The molecule has 0 radical (unpaired) electrons. The van der Waals surface area contributed by atoms with Gasteiger partial charge in [0.2, 0.25) is 5.82 Å². The summed E-state index contributed by atoms with van der Waals surface area (Å²) in [5.74, 6) is -2.09. The minimum Gasteiger partial charge on any atom is -0.462 e. The van der Waals surface area contributed by atoms with Crippen molar-refractivity contribution in [2.75, 3.05) is 6.61 Å². The average molecular weight is 241 g/mol. The van der Waals surface area contributed by atoms with Crippen LogP contribution in [0.5, 0.6) is 0 Å². The number of rotatable bonds is 4. The van der Waals surface area contributed by atoms with E-state index in [9.17, 15) is 24.1 Å². The van der Waals surface area contributed by atoms with Crippen LogP contribution >= 0.6 is 0 Å². The molecule has 1 aromatic rings. The first-order chi connectivity index (χ1) is 8.01. The van der Waals surface area contributed by atoms with Gasteiger partial charge in [0.05, 0.1) is 17.1 Å². The van der Waals surface area contributed by atoms with E-state index >= 15 is 0 Å². The van der Waals surface area contributed by atoms with Crippen molar-refractivity contribution in [3.8, 4) is 0 Å². The van der Waals surface area contributed by atoms with Crippen molar-refractivity contribution in [3.63, 3.8) is 0 Å². The molecular formula is C10H8FNO5. The zero-order valence-electron chi connectivity index (χ0n) is 8.81. The molecule has 0 atom stereocenters. The minimum absolute atomic E-state index is 0.0513. The molecule has 7 heteroatoms. The van der Waals surface area contributed by atoms with E-state index < -0.39 is 22.4 Å². The minimum atomic E-state index is -1.19. The zero-order valence-corrected chi connectivity index (χ0v) is 8.81. The number of esters is 1. The summed E-state index contributed by atoms with van der Waals surface area (Å²) in [5.41, 5.74) is -1.47. The van der Waals surface area contributed by atoms with Crippen molar-refractivity contribution in [1.29, 1.82) is 0 Å². The summed E-state index contributed by atoms with van der Waals surface area (Å²) in [6.45, 7) is 1.59. The SMILES string of the molecule is CCOC(=O)c1cc(F)c([N+](=O)[O-])cc1C=O. The van der Waals surface area contributed by atoms with Crippen LogP contribution in [0.4, 0.5) is 10.1 Å². The normalized spacial score (nSPS) is 9.76. The van der Waals surface area contributed by atoms with Gasteiger partial charge in [-0.05, 0) is 13.0 Å². The second-order valence-electron chi connectivity index (χ2n) is 2.99. The number of nitrogens with zero attached hydrogens (tertiary/aromatic N) is 1. The third-order valence-corrected chi connectivity index (χ3v) is 1.94. The summed E-state index contributed by atoms with van der Waals surface area (Å²) < 4.78 is 17.8. The maximum absolute atomic E-state index is 13.3. The lowest BCUT2D eigenvalue weighted by molar-refractivity contribution is -0.387. The summed E-state index contributed by atoms with van der Waals surface area (Å²) >= 11 is 0.